The van der Waals surface area contributed by atoms with Gasteiger partial charge in [-0.1, -0.05) is 19.1 Å². The molecule has 3 N–H and O–H groups in total. The minimum atomic E-state index is -1.86. The van der Waals surface area contributed by atoms with Crippen LogP contribution in [-0.4, -0.2) is 33.2 Å². The van der Waals surface area contributed by atoms with E-state index in [0.717, 1.165) is 6.08 Å². The summed E-state index contributed by atoms with van der Waals surface area (Å²) in [5.41, 5.74) is -3.49. The zero-order valence-corrected chi connectivity index (χ0v) is 12.6. The Labute approximate surface area is 127 Å². The van der Waals surface area contributed by atoms with Crippen LogP contribution in [-0.2, 0) is 14.4 Å². The average molecular weight is 309 g/mol. The molecule has 1 rings (SSSR count). The quantitative estimate of drug-likeness (QED) is 0.656. The summed E-state index contributed by atoms with van der Waals surface area (Å²) in [5, 5.41) is 37.9. The lowest BCUT2D eigenvalue weighted by Gasteiger charge is -2.50. The minimum Gasteiger partial charge on any atom is -0.481 e. The van der Waals surface area contributed by atoms with Gasteiger partial charge in [-0.05, 0) is 20.3 Å². The third kappa shape index (κ3) is 2.25. The molecule has 1 aliphatic carbocycles. The van der Waals surface area contributed by atoms with E-state index in [-0.39, 0.29) is 6.42 Å². The van der Waals surface area contributed by atoms with Gasteiger partial charge in [0, 0.05) is 11.8 Å². The smallest absolute Gasteiger partial charge is 0.313 e. The van der Waals surface area contributed by atoms with E-state index in [1.165, 1.54) is 26.8 Å². The molecule has 5 unspecified atom stereocenters. The number of hydrogen-bond acceptors (Lipinski definition) is 4. The zero-order chi connectivity index (χ0) is 17.3. The monoisotopic (exact) mass is 309 g/mol. The molecule has 7 heteroatoms. The first-order valence-electron chi connectivity index (χ1n) is 6.88. The summed E-state index contributed by atoms with van der Waals surface area (Å²) in [6, 6.07) is 1.89. The fourth-order valence-corrected chi connectivity index (χ4v) is 3.70. The third-order valence-electron chi connectivity index (χ3n) is 4.80. The van der Waals surface area contributed by atoms with Gasteiger partial charge in [0.1, 0.15) is 0 Å². The van der Waals surface area contributed by atoms with E-state index in [0.29, 0.717) is 0 Å². The Bertz CT molecular complexity index is 577. The molecule has 5 atom stereocenters. The van der Waals surface area contributed by atoms with Gasteiger partial charge in [-0.3, -0.25) is 14.4 Å². The van der Waals surface area contributed by atoms with Crippen LogP contribution >= 0.6 is 0 Å². The molecular weight excluding hydrogens is 290 g/mol. The second kappa shape index (κ2) is 5.79. The third-order valence-corrected chi connectivity index (χ3v) is 4.80. The van der Waals surface area contributed by atoms with E-state index in [2.05, 4.69) is 0 Å². The Hall–Kier alpha value is -2.36. The van der Waals surface area contributed by atoms with Gasteiger partial charge in [-0.15, -0.1) is 0 Å². The SMILES string of the molecule is CCC1(C(=O)O)C(C(=O)O)C=CC(C)(C(=O)O)C1C(C)C#N. The Morgan fingerprint density at radius 1 is 1.27 bits per heavy atom. The van der Waals surface area contributed by atoms with Crippen LogP contribution in [0.15, 0.2) is 12.2 Å². The van der Waals surface area contributed by atoms with Crippen molar-refractivity contribution in [3.8, 4) is 6.07 Å². The van der Waals surface area contributed by atoms with Crippen molar-refractivity contribution in [2.75, 3.05) is 0 Å². The maximum Gasteiger partial charge on any atom is 0.313 e. The van der Waals surface area contributed by atoms with Crippen molar-refractivity contribution in [2.24, 2.45) is 28.6 Å². The molecule has 0 amide bonds. The van der Waals surface area contributed by atoms with E-state index < -0.39 is 46.5 Å². The van der Waals surface area contributed by atoms with Crippen molar-refractivity contribution in [1.82, 2.24) is 0 Å². The van der Waals surface area contributed by atoms with Gasteiger partial charge in [0.2, 0.25) is 0 Å². The first kappa shape index (κ1) is 17.7. The van der Waals surface area contributed by atoms with Crippen LogP contribution in [0.4, 0.5) is 0 Å². The summed E-state index contributed by atoms with van der Waals surface area (Å²) in [6.07, 6.45) is 2.25. The summed E-state index contributed by atoms with van der Waals surface area (Å²) in [5.74, 6) is -7.52. The summed E-state index contributed by atoms with van der Waals surface area (Å²) in [6.45, 7) is 4.26. The van der Waals surface area contributed by atoms with Crippen LogP contribution in [0, 0.1) is 39.9 Å². The van der Waals surface area contributed by atoms with Crippen LogP contribution in [0.2, 0.25) is 0 Å². The molecule has 0 aromatic rings. The van der Waals surface area contributed by atoms with Crippen molar-refractivity contribution in [2.45, 2.75) is 27.2 Å². The van der Waals surface area contributed by atoms with Crippen molar-refractivity contribution >= 4 is 17.9 Å². The van der Waals surface area contributed by atoms with E-state index in [1.54, 1.807) is 0 Å². The Morgan fingerprint density at radius 2 is 1.82 bits per heavy atom. The number of carbonyl (C=O) groups is 3. The fraction of sp³-hybridized carbons (Fsp3) is 0.600. The molecule has 7 nitrogen and oxygen atoms in total. The molecule has 0 saturated carbocycles. The van der Waals surface area contributed by atoms with E-state index in [1.807, 2.05) is 6.07 Å². The molecule has 0 aromatic heterocycles. The molecule has 0 aliphatic heterocycles. The molecule has 0 bridgehead atoms. The van der Waals surface area contributed by atoms with E-state index >= 15 is 0 Å². The largest absolute Gasteiger partial charge is 0.481 e. The van der Waals surface area contributed by atoms with Gasteiger partial charge in [0.15, 0.2) is 0 Å². The predicted molar refractivity (Wildman–Crippen MR) is 74.6 cm³/mol. The topological polar surface area (TPSA) is 136 Å². The number of rotatable bonds is 5. The highest BCUT2D eigenvalue weighted by molar-refractivity contribution is 5.89. The first-order chi connectivity index (χ1) is 10.1. The fourth-order valence-electron chi connectivity index (χ4n) is 3.70. The molecule has 0 spiro atoms. The zero-order valence-electron chi connectivity index (χ0n) is 12.6. The number of carboxylic acids is 3. The van der Waals surface area contributed by atoms with Crippen LogP contribution in [0.25, 0.3) is 0 Å². The molecule has 0 fully saturated rings. The Kier molecular flexibility index (Phi) is 4.66. The van der Waals surface area contributed by atoms with Crippen LogP contribution in [0.3, 0.4) is 0 Å². The molecule has 22 heavy (non-hydrogen) atoms. The number of hydrogen-bond donors (Lipinski definition) is 3. The van der Waals surface area contributed by atoms with Crippen molar-refractivity contribution in [3.63, 3.8) is 0 Å². The summed E-state index contributed by atoms with van der Waals surface area (Å²) in [4.78, 5) is 35.2. The normalized spacial score (nSPS) is 35.4. The molecule has 0 radical (unpaired) electrons. The van der Waals surface area contributed by atoms with Crippen molar-refractivity contribution < 1.29 is 29.7 Å². The number of carboxylic acid groups (broad SMARTS) is 3. The van der Waals surface area contributed by atoms with E-state index in [4.69, 9.17) is 0 Å². The lowest BCUT2D eigenvalue weighted by atomic mass is 9.50. The van der Waals surface area contributed by atoms with E-state index in [9.17, 15) is 35.0 Å². The molecule has 120 valence electrons. The Morgan fingerprint density at radius 3 is 2.14 bits per heavy atom. The van der Waals surface area contributed by atoms with Gasteiger partial charge in [-0.2, -0.15) is 5.26 Å². The Balaban J connectivity index is 3.79. The van der Waals surface area contributed by atoms with Gasteiger partial charge in [0.25, 0.3) is 0 Å². The van der Waals surface area contributed by atoms with Crippen LogP contribution in [0.1, 0.15) is 27.2 Å². The summed E-state index contributed by atoms with van der Waals surface area (Å²) in [7, 11) is 0. The van der Waals surface area contributed by atoms with Gasteiger partial charge in [-0.25, -0.2) is 0 Å². The minimum absolute atomic E-state index is 0.0941. The highest BCUT2D eigenvalue weighted by Crippen LogP contribution is 2.56. The predicted octanol–water partition coefficient (Wildman–Crippen LogP) is 1.60. The molecular formula is C15H19NO6. The standard InChI is InChI=1S/C15H19NO6/c1-4-15(13(21)22)9(11(17)18)5-6-14(3,12(19)20)10(15)8(2)7-16/h5-6,8-10H,4H2,1-3H3,(H,17,18)(H,19,20)(H,21,22). The first-order valence-corrected chi connectivity index (χ1v) is 6.88. The molecule has 1 aliphatic rings. The highest BCUT2D eigenvalue weighted by atomic mass is 16.4. The van der Waals surface area contributed by atoms with Crippen LogP contribution < -0.4 is 0 Å². The lowest BCUT2D eigenvalue weighted by Crippen LogP contribution is -2.58. The van der Waals surface area contributed by atoms with Gasteiger partial charge < -0.3 is 15.3 Å². The lowest BCUT2D eigenvalue weighted by molar-refractivity contribution is -0.177. The van der Waals surface area contributed by atoms with Gasteiger partial charge in [0.05, 0.1) is 22.8 Å². The van der Waals surface area contributed by atoms with Crippen molar-refractivity contribution in [1.29, 1.82) is 5.26 Å². The maximum absolute atomic E-state index is 12.0. The summed E-state index contributed by atoms with van der Waals surface area (Å²) < 4.78 is 0. The molecule has 0 aromatic carbocycles. The van der Waals surface area contributed by atoms with Gasteiger partial charge >= 0.3 is 17.9 Å². The highest BCUT2D eigenvalue weighted by Gasteiger charge is 2.63. The summed E-state index contributed by atoms with van der Waals surface area (Å²) >= 11 is 0. The second-order valence-corrected chi connectivity index (χ2v) is 5.86. The van der Waals surface area contributed by atoms with Crippen LogP contribution in [0.5, 0.6) is 0 Å². The number of aliphatic carboxylic acids is 3. The second-order valence-electron chi connectivity index (χ2n) is 5.86. The van der Waals surface area contributed by atoms with Crippen molar-refractivity contribution in [3.05, 3.63) is 12.2 Å². The number of nitriles is 1. The average Bonchev–Trinajstić information content (AvgIpc) is 2.44. The maximum atomic E-state index is 12.0. The number of nitrogens with zero attached hydrogens (tertiary/aromatic N) is 1. The molecule has 0 heterocycles. The molecule has 0 saturated heterocycles.